The normalized spacial score (nSPS) is 11.8. The van der Waals surface area contributed by atoms with E-state index in [0.717, 1.165) is 9.65 Å². The molecule has 0 aliphatic carbocycles. The number of fused-ring (bicyclic) bond motifs is 1. The molecule has 0 radical (unpaired) electrons. The third-order valence-electron chi connectivity index (χ3n) is 2.73. The molecule has 0 spiro atoms. The Hall–Kier alpha value is -2.28. The molecular weight excluding hydrogens is 264 g/mol. The molecule has 6 nitrogen and oxygen atoms in total. The number of pyridine rings is 1. The first kappa shape index (κ1) is 11.8. The molecule has 0 saturated heterocycles. The summed E-state index contributed by atoms with van der Waals surface area (Å²) in [7, 11) is -3.76. The monoisotopic (exact) mass is 274 g/mol. The molecule has 7 heteroatoms. The second-order valence-electron chi connectivity index (χ2n) is 4.12. The zero-order valence-electron chi connectivity index (χ0n) is 10.1. The molecule has 2 heterocycles. The highest BCUT2D eigenvalue weighted by molar-refractivity contribution is 7.90. The van der Waals surface area contributed by atoms with Crippen LogP contribution in [0.25, 0.3) is 11.0 Å². The number of benzene rings is 1. The molecule has 3 rings (SSSR count). The highest BCUT2D eigenvalue weighted by Crippen LogP contribution is 2.18. The Morgan fingerprint density at radius 1 is 1.21 bits per heavy atom. The van der Waals surface area contributed by atoms with Gasteiger partial charge in [-0.25, -0.2) is 0 Å². The van der Waals surface area contributed by atoms with Crippen LogP contribution in [0, 0.1) is 6.92 Å². The Morgan fingerprint density at radius 3 is 2.79 bits per heavy atom. The molecular formula is C12H10N4O2S. The first-order chi connectivity index (χ1) is 9.09. The van der Waals surface area contributed by atoms with E-state index in [1.165, 1.54) is 18.5 Å². The highest BCUT2D eigenvalue weighted by atomic mass is 32.2. The lowest BCUT2D eigenvalue weighted by molar-refractivity contribution is 0.579. The number of aryl methyl sites for hydroxylation is 1. The van der Waals surface area contributed by atoms with Crippen LogP contribution in [-0.2, 0) is 10.0 Å². The highest BCUT2D eigenvalue weighted by Gasteiger charge is 2.21. The minimum atomic E-state index is -3.76. The first-order valence-electron chi connectivity index (χ1n) is 5.57. The van der Waals surface area contributed by atoms with Gasteiger partial charge in [0.05, 0.1) is 0 Å². The quantitative estimate of drug-likeness (QED) is 0.705. The van der Waals surface area contributed by atoms with Crippen molar-refractivity contribution >= 4 is 21.1 Å². The van der Waals surface area contributed by atoms with E-state index in [4.69, 9.17) is 0 Å². The third-order valence-corrected chi connectivity index (χ3v) is 4.29. The molecule has 0 amide bonds. The Morgan fingerprint density at radius 2 is 2.05 bits per heavy atom. The molecule has 96 valence electrons. The number of hydrogen-bond acceptors (Lipinski definition) is 5. The van der Waals surface area contributed by atoms with Crippen LogP contribution in [0.1, 0.15) is 5.56 Å². The van der Waals surface area contributed by atoms with E-state index in [2.05, 4.69) is 15.3 Å². The van der Waals surface area contributed by atoms with Crippen molar-refractivity contribution in [2.45, 2.75) is 11.8 Å². The fourth-order valence-corrected chi connectivity index (χ4v) is 2.97. The largest absolute Gasteiger partial charge is 0.286 e. The average Bonchev–Trinajstić information content (AvgIpc) is 2.83. The predicted octanol–water partition coefficient (Wildman–Crippen LogP) is 1.37. The zero-order valence-corrected chi connectivity index (χ0v) is 10.9. The van der Waals surface area contributed by atoms with Crippen LogP contribution < -0.4 is 0 Å². The van der Waals surface area contributed by atoms with Crippen LogP contribution in [0.2, 0.25) is 0 Å². The van der Waals surface area contributed by atoms with Crippen molar-refractivity contribution in [3.05, 3.63) is 48.3 Å². The van der Waals surface area contributed by atoms with Crippen molar-refractivity contribution in [1.29, 1.82) is 0 Å². The van der Waals surface area contributed by atoms with Crippen LogP contribution in [0.3, 0.4) is 0 Å². The lowest BCUT2D eigenvalue weighted by Crippen LogP contribution is -2.14. The van der Waals surface area contributed by atoms with Gasteiger partial charge in [0.2, 0.25) is 0 Å². The summed E-state index contributed by atoms with van der Waals surface area (Å²) in [5, 5.41) is 7.60. The standard InChI is InChI=1S/C12H10N4O2S/c1-9-4-5-11-12(7-9)16(15-14-11)19(17,18)10-3-2-6-13-8-10/h2-8H,1H3. The van der Waals surface area contributed by atoms with Gasteiger partial charge in [-0.1, -0.05) is 11.3 Å². The Balaban J connectivity index is 2.28. The number of hydrogen-bond donors (Lipinski definition) is 0. The third kappa shape index (κ3) is 1.88. The van der Waals surface area contributed by atoms with Gasteiger partial charge in [-0.15, -0.1) is 9.19 Å². The van der Waals surface area contributed by atoms with E-state index in [1.807, 2.05) is 13.0 Å². The minimum absolute atomic E-state index is 0.0864. The van der Waals surface area contributed by atoms with Crippen LogP contribution in [-0.4, -0.2) is 27.8 Å². The topological polar surface area (TPSA) is 77.7 Å². The molecule has 0 aliphatic rings. The summed E-state index contributed by atoms with van der Waals surface area (Å²) in [5.74, 6) is 0. The van der Waals surface area contributed by atoms with Crippen molar-refractivity contribution in [3.63, 3.8) is 0 Å². The molecule has 0 unspecified atom stereocenters. The minimum Gasteiger partial charge on any atom is -0.263 e. The van der Waals surface area contributed by atoms with Crippen LogP contribution in [0.5, 0.6) is 0 Å². The van der Waals surface area contributed by atoms with E-state index in [0.29, 0.717) is 11.0 Å². The van der Waals surface area contributed by atoms with Crippen molar-refractivity contribution < 1.29 is 8.42 Å². The lowest BCUT2D eigenvalue weighted by Gasteiger charge is -2.04. The molecule has 1 aromatic carbocycles. The van der Waals surface area contributed by atoms with Crippen molar-refractivity contribution in [3.8, 4) is 0 Å². The van der Waals surface area contributed by atoms with Crippen molar-refractivity contribution in [1.82, 2.24) is 19.4 Å². The molecule has 0 aliphatic heterocycles. The van der Waals surface area contributed by atoms with Gasteiger partial charge >= 0.3 is 0 Å². The van der Waals surface area contributed by atoms with E-state index in [1.54, 1.807) is 18.2 Å². The molecule has 0 bridgehead atoms. The number of aromatic nitrogens is 4. The van der Waals surface area contributed by atoms with Crippen LogP contribution in [0.4, 0.5) is 0 Å². The molecule has 2 aromatic heterocycles. The van der Waals surface area contributed by atoms with E-state index >= 15 is 0 Å². The second kappa shape index (κ2) is 4.13. The van der Waals surface area contributed by atoms with Crippen LogP contribution >= 0.6 is 0 Å². The summed E-state index contributed by atoms with van der Waals surface area (Å²) in [6.45, 7) is 1.88. The van der Waals surface area contributed by atoms with E-state index in [-0.39, 0.29) is 4.90 Å². The second-order valence-corrected chi connectivity index (χ2v) is 5.89. The van der Waals surface area contributed by atoms with Crippen LogP contribution in [0.15, 0.2) is 47.6 Å². The molecule has 19 heavy (non-hydrogen) atoms. The average molecular weight is 274 g/mol. The zero-order chi connectivity index (χ0) is 13.5. The number of rotatable bonds is 2. The van der Waals surface area contributed by atoms with Gasteiger partial charge < -0.3 is 0 Å². The summed E-state index contributed by atoms with van der Waals surface area (Å²) < 4.78 is 25.8. The van der Waals surface area contributed by atoms with Gasteiger partial charge in [0.25, 0.3) is 10.0 Å². The summed E-state index contributed by atoms with van der Waals surface area (Å²) in [6.07, 6.45) is 2.81. The summed E-state index contributed by atoms with van der Waals surface area (Å²) >= 11 is 0. The van der Waals surface area contributed by atoms with Gasteiger partial charge in [0.1, 0.15) is 15.9 Å². The van der Waals surface area contributed by atoms with E-state index in [9.17, 15) is 8.42 Å². The Labute approximate surface area is 109 Å². The summed E-state index contributed by atoms with van der Waals surface area (Å²) in [5.41, 5.74) is 1.94. The molecule has 0 N–H and O–H groups in total. The fraction of sp³-hybridized carbons (Fsp3) is 0.0833. The first-order valence-corrected chi connectivity index (χ1v) is 7.01. The lowest BCUT2D eigenvalue weighted by atomic mass is 10.2. The van der Waals surface area contributed by atoms with Crippen molar-refractivity contribution in [2.75, 3.05) is 0 Å². The van der Waals surface area contributed by atoms with Gasteiger partial charge in [0, 0.05) is 12.4 Å². The maximum atomic E-state index is 12.4. The van der Waals surface area contributed by atoms with Crippen molar-refractivity contribution in [2.24, 2.45) is 0 Å². The van der Waals surface area contributed by atoms with Gasteiger partial charge in [-0.2, -0.15) is 8.42 Å². The molecule has 0 fully saturated rings. The molecule has 0 atom stereocenters. The van der Waals surface area contributed by atoms with Gasteiger partial charge in [0.15, 0.2) is 0 Å². The molecule has 0 saturated carbocycles. The predicted molar refractivity (Wildman–Crippen MR) is 69.1 cm³/mol. The smallest absolute Gasteiger partial charge is 0.263 e. The van der Waals surface area contributed by atoms with Gasteiger partial charge in [-0.3, -0.25) is 4.98 Å². The summed E-state index contributed by atoms with van der Waals surface area (Å²) in [6, 6.07) is 8.39. The SMILES string of the molecule is Cc1ccc2nnn(S(=O)(=O)c3cccnc3)c2c1. The van der Waals surface area contributed by atoms with Gasteiger partial charge in [-0.05, 0) is 36.8 Å². The molecule has 3 aromatic rings. The number of nitrogens with zero attached hydrogens (tertiary/aromatic N) is 4. The maximum Gasteiger partial charge on any atom is 0.286 e. The fourth-order valence-electron chi connectivity index (χ4n) is 1.79. The summed E-state index contributed by atoms with van der Waals surface area (Å²) in [4.78, 5) is 3.90. The maximum absolute atomic E-state index is 12.4. The Kier molecular flexibility index (Phi) is 2.56. The van der Waals surface area contributed by atoms with E-state index < -0.39 is 10.0 Å². The Bertz CT molecular complexity index is 841.